The minimum absolute atomic E-state index is 0.237. The summed E-state index contributed by atoms with van der Waals surface area (Å²) in [5, 5.41) is 11.5. The van der Waals surface area contributed by atoms with Gasteiger partial charge in [0.25, 0.3) is 0 Å². The molecule has 2 aromatic heterocycles. The molecule has 8 heteroatoms. The van der Waals surface area contributed by atoms with Crippen LogP contribution in [0.4, 0.5) is 19.2 Å². The number of pyridine rings is 1. The average Bonchev–Trinajstić information content (AvgIpc) is 3.24. The van der Waals surface area contributed by atoms with Crippen molar-refractivity contribution in [2.75, 3.05) is 5.32 Å². The van der Waals surface area contributed by atoms with E-state index >= 15 is 0 Å². The van der Waals surface area contributed by atoms with E-state index in [1.165, 1.54) is 18.5 Å². The van der Waals surface area contributed by atoms with Crippen molar-refractivity contribution in [2.45, 2.75) is 57.2 Å². The first kappa shape index (κ1) is 19.7. The summed E-state index contributed by atoms with van der Waals surface area (Å²) in [6.45, 7) is 2.12. The number of halogens is 3. The Balaban J connectivity index is 1.51. The molecule has 0 radical (unpaired) electrons. The maximum absolute atomic E-state index is 13.2. The maximum atomic E-state index is 13.2. The zero-order valence-corrected chi connectivity index (χ0v) is 16.1. The Morgan fingerprint density at radius 3 is 2.62 bits per heavy atom. The van der Waals surface area contributed by atoms with Crippen molar-refractivity contribution in [3.8, 4) is 0 Å². The molecule has 29 heavy (non-hydrogen) atoms. The zero-order chi connectivity index (χ0) is 20.4. The van der Waals surface area contributed by atoms with Crippen LogP contribution in [0.15, 0.2) is 41.3 Å². The third kappa shape index (κ3) is 4.21. The Labute approximate surface area is 166 Å². The smallest absolute Gasteiger partial charge is 0.411 e. The van der Waals surface area contributed by atoms with Gasteiger partial charge in [-0.2, -0.15) is 13.2 Å². The largest absolute Gasteiger partial charge is 0.416 e. The van der Waals surface area contributed by atoms with Gasteiger partial charge >= 0.3 is 12.2 Å². The molecule has 0 aliphatic heterocycles. The van der Waals surface area contributed by atoms with Crippen LogP contribution in [0.2, 0.25) is 0 Å². The molecule has 0 saturated heterocycles. The summed E-state index contributed by atoms with van der Waals surface area (Å²) < 4.78 is 44.7. The number of benzene rings is 1. The quantitative estimate of drug-likeness (QED) is 0.582. The standard InChI is InChI=1S/C21H23F3N4O/c1-2-18(27-20-28-26-12-29-20)14-5-3-13(4-6-14)16-9-10-25-19-8-7-15(11-17(16)19)21(22,23)24/h7-14,18H,2-6H2,1H3,(H,27,28). The Morgan fingerprint density at radius 2 is 1.97 bits per heavy atom. The highest BCUT2D eigenvalue weighted by molar-refractivity contribution is 5.83. The lowest BCUT2D eigenvalue weighted by Gasteiger charge is -2.34. The summed E-state index contributed by atoms with van der Waals surface area (Å²) in [6, 6.07) is 6.36. The molecule has 1 aliphatic rings. The molecular formula is C21H23F3N4O. The highest BCUT2D eigenvalue weighted by Gasteiger charge is 2.32. The second-order valence-corrected chi connectivity index (χ2v) is 7.64. The number of alkyl halides is 3. The number of hydrogen-bond acceptors (Lipinski definition) is 5. The van der Waals surface area contributed by atoms with E-state index in [0.717, 1.165) is 43.7 Å². The molecule has 1 aliphatic carbocycles. The van der Waals surface area contributed by atoms with Crippen LogP contribution in [0.1, 0.15) is 56.1 Å². The molecule has 2 heterocycles. The highest BCUT2D eigenvalue weighted by atomic mass is 19.4. The first-order valence-electron chi connectivity index (χ1n) is 9.94. The number of nitrogens with zero attached hydrogens (tertiary/aromatic N) is 3. The van der Waals surface area contributed by atoms with Gasteiger partial charge in [-0.15, -0.1) is 5.10 Å². The van der Waals surface area contributed by atoms with Crippen LogP contribution in [0, 0.1) is 5.92 Å². The van der Waals surface area contributed by atoms with E-state index < -0.39 is 11.7 Å². The second-order valence-electron chi connectivity index (χ2n) is 7.64. The van der Waals surface area contributed by atoms with Crippen molar-refractivity contribution in [1.29, 1.82) is 0 Å². The SMILES string of the molecule is CCC(Nc1nnco1)C1CCC(c2ccnc3ccc(C(F)(F)F)cc23)CC1. The number of hydrogen-bond donors (Lipinski definition) is 1. The van der Waals surface area contributed by atoms with Gasteiger partial charge in [0.15, 0.2) is 0 Å². The number of fused-ring (bicyclic) bond motifs is 1. The van der Waals surface area contributed by atoms with Gasteiger partial charge in [0, 0.05) is 17.6 Å². The lowest BCUT2D eigenvalue weighted by atomic mass is 9.75. The molecule has 0 spiro atoms. The van der Waals surface area contributed by atoms with E-state index in [-0.39, 0.29) is 12.0 Å². The van der Waals surface area contributed by atoms with Gasteiger partial charge in [0.1, 0.15) is 0 Å². The van der Waals surface area contributed by atoms with Crippen molar-refractivity contribution >= 4 is 16.9 Å². The average molecular weight is 404 g/mol. The predicted molar refractivity (Wildman–Crippen MR) is 103 cm³/mol. The normalized spacial score (nSPS) is 21.2. The second kappa shape index (κ2) is 8.00. The Bertz CT molecular complexity index is 950. The molecule has 1 atom stereocenters. The fourth-order valence-corrected chi connectivity index (χ4v) is 4.48. The molecule has 3 aromatic rings. The number of anilines is 1. The van der Waals surface area contributed by atoms with E-state index in [2.05, 4.69) is 27.4 Å². The van der Waals surface area contributed by atoms with Crippen LogP contribution in [0.3, 0.4) is 0 Å². The van der Waals surface area contributed by atoms with Crippen molar-refractivity contribution in [3.63, 3.8) is 0 Å². The fraction of sp³-hybridized carbons (Fsp3) is 0.476. The van der Waals surface area contributed by atoms with Crippen molar-refractivity contribution < 1.29 is 17.6 Å². The molecule has 4 rings (SSSR count). The van der Waals surface area contributed by atoms with Crippen LogP contribution in [-0.4, -0.2) is 21.2 Å². The van der Waals surface area contributed by atoms with Crippen molar-refractivity contribution in [2.24, 2.45) is 5.92 Å². The van der Waals surface area contributed by atoms with Crippen LogP contribution in [0.5, 0.6) is 0 Å². The maximum Gasteiger partial charge on any atom is 0.416 e. The van der Waals surface area contributed by atoms with Crippen LogP contribution < -0.4 is 5.32 Å². The number of rotatable bonds is 5. The van der Waals surface area contributed by atoms with Crippen LogP contribution in [-0.2, 0) is 6.18 Å². The topological polar surface area (TPSA) is 63.8 Å². The predicted octanol–water partition coefficient (Wildman–Crippen LogP) is 5.80. The van der Waals surface area contributed by atoms with E-state index in [1.54, 1.807) is 6.20 Å². The molecule has 0 amide bonds. The molecule has 0 bridgehead atoms. The molecule has 1 fully saturated rings. The molecule has 1 aromatic carbocycles. The molecule has 1 saturated carbocycles. The van der Waals surface area contributed by atoms with Crippen LogP contribution >= 0.6 is 0 Å². The summed E-state index contributed by atoms with van der Waals surface area (Å²) in [7, 11) is 0. The van der Waals surface area contributed by atoms with Crippen molar-refractivity contribution in [3.05, 3.63) is 48.0 Å². The molecular weight excluding hydrogens is 381 g/mol. The van der Waals surface area contributed by atoms with Gasteiger partial charge in [-0.05, 0) is 73.8 Å². The van der Waals surface area contributed by atoms with E-state index in [0.29, 0.717) is 22.8 Å². The van der Waals surface area contributed by atoms with Gasteiger partial charge in [0.05, 0.1) is 11.1 Å². The summed E-state index contributed by atoms with van der Waals surface area (Å²) >= 11 is 0. The minimum Gasteiger partial charge on any atom is -0.411 e. The first-order valence-corrected chi connectivity index (χ1v) is 9.94. The van der Waals surface area contributed by atoms with E-state index in [1.807, 2.05) is 6.07 Å². The summed E-state index contributed by atoms with van der Waals surface area (Å²) in [5.74, 6) is 0.697. The Kier molecular flexibility index (Phi) is 5.43. The lowest BCUT2D eigenvalue weighted by Crippen LogP contribution is -2.31. The number of aromatic nitrogens is 3. The molecule has 5 nitrogen and oxygen atoms in total. The molecule has 154 valence electrons. The monoisotopic (exact) mass is 404 g/mol. The van der Waals surface area contributed by atoms with E-state index in [4.69, 9.17) is 4.42 Å². The van der Waals surface area contributed by atoms with Gasteiger partial charge < -0.3 is 9.73 Å². The third-order valence-corrected chi connectivity index (χ3v) is 5.99. The van der Waals surface area contributed by atoms with E-state index in [9.17, 15) is 13.2 Å². The first-order chi connectivity index (χ1) is 14.0. The summed E-state index contributed by atoms with van der Waals surface area (Å²) in [5.41, 5.74) is 0.960. The Morgan fingerprint density at radius 1 is 1.17 bits per heavy atom. The van der Waals surface area contributed by atoms with Crippen molar-refractivity contribution in [1.82, 2.24) is 15.2 Å². The van der Waals surface area contributed by atoms with Crippen LogP contribution in [0.25, 0.3) is 10.9 Å². The molecule has 1 unspecified atom stereocenters. The van der Waals surface area contributed by atoms with Gasteiger partial charge in [-0.25, -0.2) is 0 Å². The highest BCUT2D eigenvalue weighted by Crippen LogP contribution is 2.41. The van der Waals surface area contributed by atoms with Gasteiger partial charge in [-0.3, -0.25) is 4.98 Å². The lowest BCUT2D eigenvalue weighted by molar-refractivity contribution is -0.137. The Hall–Kier alpha value is -2.64. The fourth-order valence-electron chi connectivity index (χ4n) is 4.48. The summed E-state index contributed by atoms with van der Waals surface area (Å²) in [6.07, 6.45) is 3.43. The number of nitrogens with one attached hydrogen (secondary N) is 1. The van der Waals surface area contributed by atoms with Gasteiger partial charge in [-0.1, -0.05) is 12.0 Å². The van der Waals surface area contributed by atoms with Gasteiger partial charge in [0.2, 0.25) is 6.39 Å². The zero-order valence-electron chi connectivity index (χ0n) is 16.1. The summed E-state index contributed by atoms with van der Waals surface area (Å²) in [4.78, 5) is 4.26. The third-order valence-electron chi connectivity index (χ3n) is 5.99. The minimum atomic E-state index is -4.35. The molecule has 1 N–H and O–H groups in total.